The topological polar surface area (TPSA) is 87.0 Å². The van der Waals surface area contributed by atoms with E-state index in [1.807, 2.05) is 0 Å². The van der Waals surface area contributed by atoms with Crippen LogP contribution in [0.25, 0.3) is 0 Å². The van der Waals surface area contributed by atoms with Crippen molar-refractivity contribution in [3.63, 3.8) is 0 Å². The molecule has 56 valence electrons. The molecule has 0 saturated carbocycles. The molecule has 0 aliphatic heterocycles. The normalized spacial score (nSPS) is 9.20. The highest BCUT2D eigenvalue weighted by Gasteiger charge is 2.00. The van der Waals surface area contributed by atoms with Crippen LogP contribution in [0.2, 0.25) is 0 Å². The Morgan fingerprint density at radius 2 is 1.90 bits per heavy atom. The standard InChI is InChI=1S/C4H4O5S/c5-2-1-3(6)8-10-9-4(2)7/h1,5-7H. The monoisotopic (exact) mass is 164 g/mol. The fourth-order valence-corrected chi connectivity index (χ4v) is 0.631. The molecule has 6 heteroatoms. The smallest absolute Gasteiger partial charge is 0.340 e. The van der Waals surface area contributed by atoms with Crippen LogP contribution in [0.15, 0.2) is 13.8 Å². The number of rotatable bonds is 0. The van der Waals surface area contributed by atoms with Crippen molar-refractivity contribution < 1.29 is 23.0 Å². The van der Waals surface area contributed by atoms with Gasteiger partial charge in [0.2, 0.25) is 17.7 Å². The highest BCUT2D eigenvalue weighted by Crippen LogP contribution is 2.27. The summed E-state index contributed by atoms with van der Waals surface area (Å²) in [5.41, 5.74) is 0. The molecule has 1 rings (SSSR count). The van der Waals surface area contributed by atoms with Crippen molar-refractivity contribution in [1.29, 1.82) is 0 Å². The van der Waals surface area contributed by atoms with Crippen LogP contribution in [0.3, 0.4) is 0 Å². The van der Waals surface area contributed by atoms with Gasteiger partial charge in [-0.2, -0.15) is 0 Å². The zero-order chi connectivity index (χ0) is 7.56. The molecule has 10 heavy (non-hydrogen) atoms. The van der Waals surface area contributed by atoms with Crippen LogP contribution >= 0.6 is 11.9 Å². The molecule has 0 aliphatic carbocycles. The maximum atomic E-state index is 8.70. The maximum absolute atomic E-state index is 8.70. The summed E-state index contributed by atoms with van der Waals surface area (Å²) in [7, 11) is 0. The fraction of sp³-hybridized carbons (Fsp3) is 0. The van der Waals surface area contributed by atoms with E-state index in [1.165, 1.54) is 0 Å². The lowest BCUT2D eigenvalue weighted by Gasteiger charge is -1.82. The molecule has 0 aromatic carbocycles. The Bertz CT molecular complexity index is 255. The lowest BCUT2D eigenvalue weighted by molar-refractivity contribution is 0.320. The Labute approximate surface area is 59.5 Å². The molecular weight excluding hydrogens is 160 g/mol. The second-order valence-corrected chi connectivity index (χ2v) is 1.88. The van der Waals surface area contributed by atoms with Crippen molar-refractivity contribution >= 4 is 11.9 Å². The van der Waals surface area contributed by atoms with Gasteiger partial charge in [0.25, 0.3) is 0 Å². The summed E-state index contributed by atoms with van der Waals surface area (Å²) < 4.78 is 8.55. The van der Waals surface area contributed by atoms with Crippen molar-refractivity contribution in [1.82, 2.24) is 0 Å². The van der Waals surface area contributed by atoms with E-state index in [9.17, 15) is 0 Å². The molecule has 0 unspecified atom stereocenters. The second-order valence-electron chi connectivity index (χ2n) is 1.41. The summed E-state index contributed by atoms with van der Waals surface area (Å²) in [4.78, 5) is 0. The van der Waals surface area contributed by atoms with Crippen molar-refractivity contribution in [2.45, 2.75) is 0 Å². The lowest BCUT2D eigenvalue weighted by Crippen LogP contribution is -1.58. The second kappa shape index (κ2) is 2.53. The molecule has 5 nitrogen and oxygen atoms in total. The molecule has 3 N–H and O–H groups in total. The van der Waals surface area contributed by atoms with Crippen molar-refractivity contribution in [3.8, 4) is 17.6 Å². The first kappa shape index (κ1) is 6.81. The molecule has 0 aliphatic rings. The summed E-state index contributed by atoms with van der Waals surface area (Å²) in [6.45, 7) is 0. The van der Waals surface area contributed by atoms with Crippen LogP contribution in [0.5, 0.6) is 17.6 Å². The number of aromatic hydroxyl groups is 3. The SMILES string of the molecule is Oc1cc(O)c(O)oso1. The zero-order valence-corrected chi connectivity index (χ0v) is 5.46. The van der Waals surface area contributed by atoms with Crippen LogP contribution in [-0.2, 0) is 0 Å². The summed E-state index contributed by atoms with van der Waals surface area (Å²) in [5.74, 6) is -1.82. The first-order valence-corrected chi connectivity index (χ1v) is 2.91. The summed E-state index contributed by atoms with van der Waals surface area (Å²) in [6, 6.07) is 0.815. The van der Waals surface area contributed by atoms with Gasteiger partial charge in [-0.3, -0.25) is 0 Å². The van der Waals surface area contributed by atoms with Gasteiger partial charge in [-0.05, 0) is 0 Å². The number of hydrogen-bond donors (Lipinski definition) is 3. The maximum Gasteiger partial charge on any atom is 0.340 e. The summed E-state index contributed by atoms with van der Waals surface area (Å²) in [6.07, 6.45) is 0. The molecular formula is C4H4O5S. The van der Waals surface area contributed by atoms with E-state index in [2.05, 4.69) is 7.70 Å². The van der Waals surface area contributed by atoms with Crippen molar-refractivity contribution in [3.05, 3.63) is 6.07 Å². The fourth-order valence-electron chi connectivity index (χ4n) is 0.330. The van der Waals surface area contributed by atoms with Crippen LogP contribution in [-0.4, -0.2) is 15.3 Å². The Hall–Kier alpha value is -1.30. The van der Waals surface area contributed by atoms with Gasteiger partial charge < -0.3 is 23.0 Å². The predicted octanol–water partition coefficient (Wildman–Crippen LogP) is 1.18. The average Bonchev–Trinajstić information content (AvgIpc) is 1.96. The number of hydrogen-bond acceptors (Lipinski definition) is 6. The molecule has 1 heterocycles. The van der Waals surface area contributed by atoms with Gasteiger partial charge in [-0.1, -0.05) is 0 Å². The first-order valence-electron chi connectivity index (χ1n) is 2.24. The first-order chi connectivity index (χ1) is 4.70. The molecule has 0 atom stereocenters. The molecule has 0 bridgehead atoms. The Morgan fingerprint density at radius 3 is 2.60 bits per heavy atom. The van der Waals surface area contributed by atoms with Gasteiger partial charge in [-0.25, -0.2) is 0 Å². The van der Waals surface area contributed by atoms with Crippen LogP contribution < -0.4 is 0 Å². The molecule has 0 fully saturated rings. The third kappa shape index (κ3) is 1.35. The van der Waals surface area contributed by atoms with E-state index < -0.39 is 17.6 Å². The Morgan fingerprint density at radius 1 is 1.20 bits per heavy atom. The zero-order valence-electron chi connectivity index (χ0n) is 4.64. The Balaban J connectivity index is 3.31. The molecule has 1 aromatic heterocycles. The highest BCUT2D eigenvalue weighted by molar-refractivity contribution is 6.93. The lowest BCUT2D eigenvalue weighted by atomic mass is 10.5. The van der Waals surface area contributed by atoms with E-state index in [1.54, 1.807) is 0 Å². The summed E-state index contributed by atoms with van der Waals surface area (Å²) in [5, 5.41) is 25.9. The van der Waals surface area contributed by atoms with Gasteiger partial charge in [0, 0.05) is 0 Å². The van der Waals surface area contributed by atoms with E-state index >= 15 is 0 Å². The van der Waals surface area contributed by atoms with Crippen LogP contribution in [0.1, 0.15) is 0 Å². The minimum atomic E-state index is -0.700. The van der Waals surface area contributed by atoms with Crippen LogP contribution in [0.4, 0.5) is 0 Å². The van der Waals surface area contributed by atoms with Gasteiger partial charge in [0.1, 0.15) is 0 Å². The van der Waals surface area contributed by atoms with Crippen molar-refractivity contribution in [2.75, 3.05) is 0 Å². The minimum absolute atomic E-state index is 0.350. The third-order valence-corrected chi connectivity index (χ3v) is 1.18. The van der Waals surface area contributed by atoms with Gasteiger partial charge >= 0.3 is 11.9 Å². The molecule has 0 spiro atoms. The average molecular weight is 164 g/mol. The van der Waals surface area contributed by atoms with Gasteiger partial charge in [0.15, 0.2) is 0 Å². The van der Waals surface area contributed by atoms with Crippen LogP contribution in [0, 0.1) is 0 Å². The van der Waals surface area contributed by atoms with E-state index in [0.29, 0.717) is 11.9 Å². The molecule has 0 radical (unpaired) electrons. The largest absolute Gasteiger partial charge is 0.502 e. The van der Waals surface area contributed by atoms with E-state index in [0.717, 1.165) is 6.07 Å². The van der Waals surface area contributed by atoms with E-state index in [-0.39, 0.29) is 0 Å². The van der Waals surface area contributed by atoms with Crippen molar-refractivity contribution in [2.24, 2.45) is 0 Å². The minimum Gasteiger partial charge on any atom is -0.502 e. The third-order valence-electron chi connectivity index (χ3n) is 0.712. The molecule has 0 amide bonds. The van der Waals surface area contributed by atoms with Gasteiger partial charge in [-0.15, -0.1) is 0 Å². The Kier molecular flexibility index (Phi) is 1.72. The molecule has 1 aromatic rings. The quantitative estimate of drug-likeness (QED) is 0.535. The summed E-state index contributed by atoms with van der Waals surface area (Å²) >= 11 is 0.350. The predicted molar refractivity (Wildman–Crippen MR) is 31.5 cm³/mol. The van der Waals surface area contributed by atoms with Gasteiger partial charge in [0.05, 0.1) is 6.07 Å². The molecule has 0 saturated heterocycles. The highest BCUT2D eigenvalue weighted by atomic mass is 32.1. The van der Waals surface area contributed by atoms with E-state index in [4.69, 9.17) is 15.3 Å².